The summed E-state index contributed by atoms with van der Waals surface area (Å²) >= 11 is 0. The molecule has 7 heteroatoms. The molecule has 0 saturated carbocycles. The van der Waals surface area contributed by atoms with Crippen LogP contribution in [-0.4, -0.2) is 48.1 Å². The molecule has 1 aliphatic heterocycles. The molecule has 106 valence electrons. The van der Waals surface area contributed by atoms with Gasteiger partial charge in [-0.3, -0.25) is 9.88 Å². The second-order valence-corrected chi connectivity index (χ2v) is 7.15. The zero-order chi connectivity index (χ0) is 14.0. The lowest BCUT2D eigenvalue weighted by Crippen LogP contribution is -2.39. The summed E-state index contributed by atoms with van der Waals surface area (Å²) in [7, 11) is -2.84. The van der Waals surface area contributed by atoms with E-state index in [2.05, 4.69) is 15.0 Å². The lowest BCUT2D eigenvalue weighted by molar-refractivity contribution is 0.247. The monoisotopic (exact) mass is 293 g/mol. The fraction of sp³-hybridized carbons (Fsp3) is 0.385. The SMILES string of the molecule is O=S1(=O)CCN(Cc2cc(-c3ccncc3)no2)CC1. The normalized spacial score (nSPS) is 19.0. The Morgan fingerprint density at radius 3 is 2.60 bits per heavy atom. The first-order valence-electron chi connectivity index (χ1n) is 6.41. The van der Waals surface area contributed by atoms with Gasteiger partial charge in [-0.05, 0) is 12.1 Å². The number of hydrogen-bond acceptors (Lipinski definition) is 6. The van der Waals surface area contributed by atoms with Gasteiger partial charge in [0.2, 0.25) is 0 Å². The number of aromatic nitrogens is 2. The molecule has 2 aromatic heterocycles. The van der Waals surface area contributed by atoms with Gasteiger partial charge in [-0.15, -0.1) is 0 Å². The predicted molar refractivity (Wildman–Crippen MR) is 73.7 cm³/mol. The average Bonchev–Trinajstić information content (AvgIpc) is 2.91. The predicted octanol–water partition coefficient (Wildman–Crippen LogP) is 0.967. The summed E-state index contributed by atoms with van der Waals surface area (Å²) in [6, 6.07) is 5.63. The number of nitrogens with zero attached hydrogens (tertiary/aromatic N) is 3. The fourth-order valence-electron chi connectivity index (χ4n) is 2.17. The van der Waals surface area contributed by atoms with E-state index in [0.29, 0.717) is 19.6 Å². The Morgan fingerprint density at radius 2 is 1.90 bits per heavy atom. The Labute approximate surface area is 117 Å². The quantitative estimate of drug-likeness (QED) is 0.839. The maximum Gasteiger partial charge on any atom is 0.152 e. The molecule has 0 unspecified atom stereocenters. The van der Waals surface area contributed by atoms with Crippen molar-refractivity contribution in [2.75, 3.05) is 24.6 Å². The zero-order valence-corrected chi connectivity index (χ0v) is 11.7. The summed E-state index contributed by atoms with van der Waals surface area (Å²) in [4.78, 5) is 6.03. The van der Waals surface area contributed by atoms with Gasteiger partial charge in [0.25, 0.3) is 0 Å². The summed E-state index contributed by atoms with van der Waals surface area (Å²) in [5, 5.41) is 4.03. The first-order valence-corrected chi connectivity index (χ1v) is 8.23. The molecule has 0 aromatic carbocycles. The molecular weight excluding hydrogens is 278 g/mol. The largest absolute Gasteiger partial charge is 0.359 e. The van der Waals surface area contributed by atoms with Crippen molar-refractivity contribution in [1.29, 1.82) is 0 Å². The molecule has 3 rings (SSSR count). The first-order chi connectivity index (χ1) is 9.62. The molecular formula is C13H15N3O3S. The van der Waals surface area contributed by atoms with E-state index in [4.69, 9.17) is 4.52 Å². The Hall–Kier alpha value is -1.73. The van der Waals surface area contributed by atoms with E-state index < -0.39 is 9.84 Å². The smallest absolute Gasteiger partial charge is 0.152 e. The molecule has 20 heavy (non-hydrogen) atoms. The average molecular weight is 293 g/mol. The van der Waals surface area contributed by atoms with Crippen molar-refractivity contribution in [1.82, 2.24) is 15.0 Å². The Balaban J connectivity index is 1.66. The van der Waals surface area contributed by atoms with Crippen molar-refractivity contribution in [2.24, 2.45) is 0 Å². The van der Waals surface area contributed by atoms with Crippen LogP contribution >= 0.6 is 0 Å². The minimum atomic E-state index is -2.84. The summed E-state index contributed by atoms with van der Waals surface area (Å²) in [5.74, 6) is 1.19. The highest BCUT2D eigenvalue weighted by molar-refractivity contribution is 7.91. The minimum absolute atomic E-state index is 0.221. The third-order valence-corrected chi connectivity index (χ3v) is 4.96. The lowest BCUT2D eigenvalue weighted by Gasteiger charge is -2.25. The van der Waals surface area contributed by atoms with Crippen molar-refractivity contribution in [2.45, 2.75) is 6.54 Å². The van der Waals surface area contributed by atoms with Gasteiger partial charge >= 0.3 is 0 Å². The van der Waals surface area contributed by atoms with Gasteiger partial charge < -0.3 is 4.52 Å². The van der Waals surface area contributed by atoms with Gasteiger partial charge in [0.1, 0.15) is 5.69 Å². The summed E-state index contributed by atoms with van der Waals surface area (Å²) in [5.41, 5.74) is 1.73. The van der Waals surface area contributed by atoms with Crippen LogP contribution in [0.1, 0.15) is 5.76 Å². The van der Waals surface area contributed by atoms with Crippen molar-refractivity contribution < 1.29 is 12.9 Å². The second kappa shape index (κ2) is 5.34. The molecule has 0 aliphatic carbocycles. The van der Waals surface area contributed by atoms with Crippen LogP contribution in [-0.2, 0) is 16.4 Å². The van der Waals surface area contributed by atoms with E-state index in [1.165, 1.54) is 0 Å². The van der Waals surface area contributed by atoms with Gasteiger partial charge in [0.05, 0.1) is 18.1 Å². The topological polar surface area (TPSA) is 76.3 Å². The van der Waals surface area contributed by atoms with Crippen LogP contribution < -0.4 is 0 Å². The summed E-state index contributed by atoms with van der Waals surface area (Å²) < 4.78 is 28.1. The summed E-state index contributed by atoms with van der Waals surface area (Å²) in [6.45, 7) is 1.69. The van der Waals surface area contributed by atoms with Gasteiger partial charge in [-0.1, -0.05) is 5.16 Å². The molecule has 0 atom stereocenters. The molecule has 1 aliphatic rings. The van der Waals surface area contributed by atoms with Crippen LogP contribution in [0.3, 0.4) is 0 Å². The molecule has 2 aromatic rings. The lowest BCUT2D eigenvalue weighted by atomic mass is 10.2. The van der Waals surface area contributed by atoms with Crippen LogP contribution in [0.15, 0.2) is 35.1 Å². The van der Waals surface area contributed by atoms with Gasteiger partial charge in [0.15, 0.2) is 15.6 Å². The number of pyridine rings is 1. The number of sulfone groups is 1. The highest BCUT2D eigenvalue weighted by Gasteiger charge is 2.22. The second-order valence-electron chi connectivity index (χ2n) is 4.84. The van der Waals surface area contributed by atoms with Gasteiger partial charge in [0, 0.05) is 37.1 Å². The number of rotatable bonds is 3. The highest BCUT2D eigenvalue weighted by atomic mass is 32.2. The van der Waals surface area contributed by atoms with E-state index in [1.54, 1.807) is 12.4 Å². The summed E-state index contributed by atoms with van der Waals surface area (Å²) in [6.07, 6.45) is 3.42. The van der Waals surface area contributed by atoms with Crippen LogP contribution in [0.25, 0.3) is 11.3 Å². The van der Waals surface area contributed by atoms with Crippen LogP contribution in [0, 0.1) is 0 Å². The highest BCUT2D eigenvalue weighted by Crippen LogP contribution is 2.19. The standard InChI is InChI=1S/C13H15N3O3S/c17-20(18)7-5-16(6-8-20)10-12-9-13(15-19-12)11-1-3-14-4-2-11/h1-4,9H,5-8,10H2. The van der Waals surface area contributed by atoms with E-state index in [1.807, 2.05) is 18.2 Å². The van der Waals surface area contributed by atoms with E-state index in [0.717, 1.165) is 17.0 Å². The van der Waals surface area contributed by atoms with Crippen LogP contribution in [0.2, 0.25) is 0 Å². The van der Waals surface area contributed by atoms with E-state index in [-0.39, 0.29) is 11.5 Å². The molecule has 3 heterocycles. The molecule has 0 bridgehead atoms. The first kappa shape index (κ1) is 13.3. The maximum atomic E-state index is 11.4. The van der Waals surface area contributed by atoms with Crippen molar-refractivity contribution in [3.63, 3.8) is 0 Å². The molecule has 1 saturated heterocycles. The Morgan fingerprint density at radius 1 is 1.20 bits per heavy atom. The maximum absolute atomic E-state index is 11.4. The van der Waals surface area contributed by atoms with Crippen LogP contribution in [0.5, 0.6) is 0 Å². The molecule has 0 spiro atoms. The Bertz CT molecular complexity index is 668. The zero-order valence-electron chi connectivity index (χ0n) is 10.9. The third-order valence-electron chi connectivity index (χ3n) is 3.35. The van der Waals surface area contributed by atoms with Crippen LogP contribution in [0.4, 0.5) is 0 Å². The Kier molecular flexibility index (Phi) is 3.54. The van der Waals surface area contributed by atoms with Gasteiger partial charge in [-0.25, -0.2) is 8.42 Å². The molecule has 6 nitrogen and oxygen atoms in total. The van der Waals surface area contributed by atoms with Gasteiger partial charge in [-0.2, -0.15) is 0 Å². The fourth-order valence-corrected chi connectivity index (χ4v) is 3.45. The van der Waals surface area contributed by atoms with E-state index >= 15 is 0 Å². The number of hydrogen-bond donors (Lipinski definition) is 0. The van der Waals surface area contributed by atoms with Crippen molar-refractivity contribution >= 4 is 9.84 Å². The van der Waals surface area contributed by atoms with E-state index in [9.17, 15) is 8.42 Å². The molecule has 1 fully saturated rings. The molecule has 0 amide bonds. The van der Waals surface area contributed by atoms with Crippen molar-refractivity contribution in [3.8, 4) is 11.3 Å². The third kappa shape index (κ3) is 3.05. The van der Waals surface area contributed by atoms with Crippen molar-refractivity contribution in [3.05, 3.63) is 36.4 Å². The minimum Gasteiger partial charge on any atom is -0.359 e. The molecule has 0 N–H and O–H groups in total. The molecule has 0 radical (unpaired) electrons.